The lowest BCUT2D eigenvalue weighted by Gasteiger charge is -2.24. The summed E-state index contributed by atoms with van der Waals surface area (Å²) in [5.74, 6) is 0.802. The van der Waals surface area contributed by atoms with Gasteiger partial charge in [-0.1, -0.05) is 42.1 Å². The lowest BCUT2D eigenvalue weighted by atomic mass is 10.1. The molecule has 1 aromatic rings. The van der Waals surface area contributed by atoms with Crippen LogP contribution in [0.3, 0.4) is 0 Å². The normalized spacial score (nSPS) is 11.3. The first-order valence-corrected chi connectivity index (χ1v) is 8.29. The Labute approximate surface area is 136 Å². The standard InChI is InChI=1S/C17H24BrNO2/c1-4-5-6-7-8-16(13-18)19(14(2)20)15-9-11-17(21-3)12-10-15/h9-13H,4-8H2,1-3H3/b16-13+. The SMILES string of the molecule is CCCCCC/C(=C\Br)N(C(C)=O)c1ccc(OC)cc1. The fourth-order valence-electron chi connectivity index (χ4n) is 2.23. The van der Waals surface area contributed by atoms with E-state index in [1.807, 2.05) is 29.3 Å². The molecule has 3 nitrogen and oxygen atoms in total. The lowest BCUT2D eigenvalue weighted by Crippen LogP contribution is -2.27. The van der Waals surface area contributed by atoms with E-state index < -0.39 is 0 Å². The predicted octanol–water partition coefficient (Wildman–Crippen LogP) is 5.25. The quantitative estimate of drug-likeness (QED) is 0.597. The number of benzene rings is 1. The van der Waals surface area contributed by atoms with Crippen LogP contribution >= 0.6 is 15.9 Å². The zero-order valence-electron chi connectivity index (χ0n) is 13.1. The fourth-order valence-corrected chi connectivity index (χ4v) is 2.66. The number of allylic oxidation sites excluding steroid dienone is 1. The van der Waals surface area contributed by atoms with Gasteiger partial charge in [0.05, 0.1) is 7.11 Å². The Bertz CT molecular complexity index is 468. The molecule has 0 aliphatic heterocycles. The van der Waals surface area contributed by atoms with Crippen molar-refractivity contribution in [1.82, 2.24) is 0 Å². The van der Waals surface area contributed by atoms with Gasteiger partial charge in [0.2, 0.25) is 5.91 Å². The van der Waals surface area contributed by atoms with E-state index >= 15 is 0 Å². The van der Waals surface area contributed by atoms with E-state index in [4.69, 9.17) is 4.74 Å². The second kappa shape index (κ2) is 9.61. The summed E-state index contributed by atoms with van der Waals surface area (Å²) >= 11 is 3.40. The van der Waals surface area contributed by atoms with Crippen LogP contribution in [0.25, 0.3) is 0 Å². The molecule has 0 saturated heterocycles. The third-order valence-corrected chi connectivity index (χ3v) is 3.87. The summed E-state index contributed by atoms with van der Waals surface area (Å²) in [7, 11) is 1.63. The van der Waals surface area contributed by atoms with Gasteiger partial charge in [-0.25, -0.2) is 0 Å². The Hall–Kier alpha value is -1.29. The average Bonchev–Trinajstić information content (AvgIpc) is 2.50. The Morgan fingerprint density at radius 1 is 1.24 bits per heavy atom. The molecule has 0 aliphatic carbocycles. The molecule has 0 aliphatic rings. The Balaban J connectivity index is 2.85. The molecule has 0 radical (unpaired) electrons. The summed E-state index contributed by atoms with van der Waals surface area (Å²) in [6.45, 7) is 3.78. The number of methoxy groups -OCH3 is 1. The highest BCUT2D eigenvalue weighted by molar-refractivity contribution is 9.11. The lowest BCUT2D eigenvalue weighted by molar-refractivity contribution is -0.116. The van der Waals surface area contributed by atoms with Gasteiger partial charge in [0.25, 0.3) is 0 Å². The van der Waals surface area contributed by atoms with Crippen molar-refractivity contribution in [3.8, 4) is 5.75 Å². The van der Waals surface area contributed by atoms with Crippen LogP contribution in [0.2, 0.25) is 0 Å². The maximum absolute atomic E-state index is 12.0. The molecule has 1 rings (SSSR count). The van der Waals surface area contributed by atoms with E-state index in [0.717, 1.165) is 30.0 Å². The van der Waals surface area contributed by atoms with Crippen LogP contribution in [-0.2, 0) is 4.79 Å². The molecule has 0 unspecified atom stereocenters. The monoisotopic (exact) mass is 353 g/mol. The minimum Gasteiger partial charge on any atom is -0.497 e. The maximum atomic E-state index is 12.0. The molecule has 1 amide bonds. The molecular formula is C17H24BrNO2. The van der Waals surface area contributed by atoms with Crippen molar-refractivity contribution in [3.63, 3.8) is 0 Å². The molecule has 0 N–H and O–H groups in total. The molecule has 21 heavy (non-hydrogen) atoms. The molecule has 0 bridgehead atoms. The van der Waals surface area contributed by atoms with Gasteiger partial charge in [-0.05, 0) is 37.1 Å². The van der Waals surface area contributed by atoms with Crippen molar-refractivity contribution in [2.75, 3.05) is 12.0 Å². The predicted molar refractivity (Wildman–Crippen MR) is 91.9 cm³/mol. The number of halogens is 1. The highest BCUT2D eigenvalue weighted by Crippen LogP contribution is 2.26. The van der Waals surface area contributed by atoms with Crippen molar-refractivity contribution in [2.45, 2.75) is 46.0 Å². The number of hydrogen-bond acceptors (Lipinski definition) is 2. The van der Waals surface area contributed by atoms with E-state index in [0.29, 0.717) is 0 Å². The number of rotatable bonds is 8. The Morgan fingerprint density at radius 2 is 1.90 bits per heavy atom. The van der Waals surface area contributed by atoms with Gasteiger partial charge in [0.1, 0.15) is 5.75 Å². The zero-order chi connectivity index (χ0) is 15.7. The van der Waals surface area contributed by atoms with Crippen LogP contribution in [0.15, 0.2) is 34.9 Å². The molecule has 1 aromatic carbocycles. The largest absolute Gasteiger partial charge is 0.497 e. The maximum Gasteiger partial charge on any atom is 0.228 e. The molecule has 0 atom stereocenters. The highest BCUT2D eigenvalue weighted by atomic mass is 79.9. The van der Waals surface area contributed by atoms with Gasteiger partial charge < -0.3 is 4.74 Å². The number of unbranched alkanes of at least 4 members (excludes halogenated alkanes) is 3. The van der Waals surface area contributed by atoms with Crippen molar-refractivity contribution >= 4 is 27.5 Å². The summed E-state index contributed by atoms with van der Waals surface area (Å²) in [4.78, 5) is 15.6. The number of nitrogens with zero attached hydrogens (tertiary/aromatic N) is 1. The molecule has 0 fully saturated rings. The number of ether oxygens (including phenoxy) is 1. The molecule has 4 heteroatoms. The number of amides is 1. The van der Waals surface area contributed by atoms with Crippen molar-refractivity contribution in [1.29, 1.82) is 0 Å². The Morgan fingerprint density at radius 3 is 2.38 bits per heavy atom. The van der Waals surface area contributed by atoms with E-state index in [1.54, 1.807) is 18.9 Å². The number of carbonyl (C=O) groups excluding carboxylic acids is 1. The van der Waals surface area contributed by atoms with Gasteiger partial charge in [-0.2, -0.15) is 0 Å². The van der Waals surface area contributed by atoms with Crippen molar-refractivity contribution in [2.24, 2.45) is 0 Å². The fraction of sp³-hybridized carbons (Fsp3) is 0.471. The van der Waals surface area contributed by atoms with Crippen LogP contribution in [0.4, 0.5) is 5.69 Å². The van der Waals surface area contributed by atoms with Gasteiger partial charge >= 0.3 is 0 Å². The smallest absolute Gasteiger partial charge is 0.228 e. The number of carbonyl (C=O) groups is 1. The van der Waals surface area contributed by atoms with Gasteiger partial charge in [-0.15, -0.1) is 0 Å². The summed E-state index contributed by atoms with van der Waals surface area (Å²) in [5.41, 5.74) is 1.85. The van der Waals surface area contributed by atoms with Crippen molar-refractivity contribution in [3.05, 3.63) is 34.9 Å². The second-order valence-corrected chi connectivity index (χ2v) is 5.42. The Kier molecular flexibility index (Phi) is 8.13. The van der Waals surface area contributed by atoms with Crippen LogP contribution in [0.1, 0.15) is 46.0 Å². The van der Waals surface area contributed by atoms with E-state index in [9.17, 15) is 4.79 Å². The van der Waals surface area contributed by atoms with E-state index in [2.05, 4.69) is 22.9 Å². The molecular weight excluding hydrogens is 330 g/mol. The molecule has 116 valence electrons. The highest BCUT2D eigenvalue weighted by Gasteiger charge is 2.16. The van der Waals surface area contributed by atoms with Crippen molar-refractivity contribution < 1.29 is 9.53 Å². The first kappa shape index (κ1) is 17.8. The number of hydrogen-bond donors (Lipinski definition) is 0. The summed E-state index contributed by atoms with van der Waals surface area (Å²) in [5, 5.41) is 0. The minimum atomic E-state index is 0.0151. The topological polar surface area (TPSA) is 29.5 Å². The second-order valence-electron chi connectivity index (χ2n) is 4.96. The summed E-state index contributed by atoms with van der Waals surface area (Å²) in [6, 6.07) is 7.55. The summed E-state index contributed by atoms with van der Waals surface area (Å²) in [6.07, 6.45) is 5.61. The van der Waals surface area contributed by atoms with Gasteiger partial charge in [-0.3, -0.25) is 9.69 Å². The molecule has 0 aromatic heterocycles. The molecule has 0 spiro atoms. The van der Waals surface area contributed by atoms with Crippen LogP contribution in [-0.4, -0.2) is 13.0 Å². The minimum absolute atomic E-state index is 0.0151. The third kappa shape index (κ3) is 5.54. The van der Waals surface area contributed by atoms with Gasteiger partial charge in [0, 0.05) is 23.3 Å². The number of anilines is 1. The van der Waals surface area contributed by atoms with E-state index in [-0.39, 0.29) is 5.91 Å². The first-order valence-electron chi connectivity index (χ1n) is 7.38. The third-order valence-electron chi connectivity index (χ3n) is 3.35. The van der Waals surface area contributed by atoms with Gasteiger partial charge in [0.15, 0.2) is 0 Å². The van der Waals surface area contributed by atoms with Crippen LogP contribution in [0.5, 0.6) is 5.75 Å². The van der Waals surface area contributed by atoms with Crippen LogP contribution in [0, 0.1) is 0 Å². The average molecular weight is 354 g/mol. The summed E-state index contributed by atoms with van der Waals surface area (Å²) < 4.78 is 5.16. The molecule has 0 heterocycles. The van der Waals surface area contributed by atoms with E-state index in [1.165, 1.54) is 19.3 Å². The zero-order valence-corrected chi connectivity index (χ0v) is 14.6. The first-order chi connectivity index (χ1) is 10.1. The molecule has 0 saturated carbocycles. The van der Waals surface area contributed by atoms with Crippen LogP contribution < -0.4 is 9.64 Å².